The van der Waals surface area contributed by atoms with Crippen LogP contribution in [0.25, 0.3) is 0 Å². The molecule has 27 heavy (non-hydrogen) atoms. The van der Waals surface area contributed by atoms with E-state index in [-0.39, 0.29) is 28.2 Å². The van der Waals surface area contributed by atoms with Gasteiger partial charge in [-0.15, -0.1) is 0 Å². The van der Waals surface area contributed by atoms with E-state index in [2.05, 4.69) is 5.32 Å². The van der Waals surface area contributed by atoms with Crippen LogP contribution in [0.15, 0.2) is 23.4 Å². The van der Waals surface area contributed by atoms with Gasteiger partial charge in [0.2, 0.25) is 0 Å². The van der Waals surface area contributed by atoms with Crippen LogP contribution in [-0.4, -0.2) is 42.0 Å². The Morgan fingerprint density at radius 1 is 1.22 bits per heavy atom. The van der Waals surface area contributed by atoms with Gasteiger partial charge in [0.1, 0.15) is 23.9 Å². The van der Waals surface area contributed by atoms with Crippen LogP contribution in [0.3, 0.4) is 0 Å². The molecule has 0 spiro atoms. The normalized spacial score (nSPS) is 12.9. The van der Waals surface area contributed by atoms with Gasteiger partial charge in [-0.2, -0.15) is 15.8 Å². The van der Waals surface area contributed by atoms with Crippen molar-refractivity contribution in [2.75, 3.05) is 31.6 Å². The first kappa shape index (κ1) is 19.4. The first-order chi connectivity index (χ1) is 12.9. The Morgan fingerprint density at radius 3 is 2.37 bits per heavy atom. The number of allylic oxidation sites excluding steroid dienone is 2. The molecule has 1 aliphatic rings. The number of nitro groups is 1. The third kappa shape index (κ3) is 4.18. The van der Waals surface area contributed by atoms with E-state index in [4.69, 9.17) is 15.3 Å². The summed E-state index contributed by atoms with van der Waals surface area (Å²) in [5.41, 5.74) is -0.812. The summed E-state index contributed by atoms with van der Waals surface area (Å²) in [4.78, 5) is 24.9. The van der Waals surface area contributed by atoms with Gasteiger partial charge in [-0.25, -0.2) is 0 Å². The molecule has 0 aromatic heterocycles. The molecule has 1 fully saturated rings. The van der Waals surface area contributed by atoms with Gasteiger partial charge in [0.15, 0.2) is 5.57 Å². The van der Waals surface area contributed by atoms with Crippen LogP contribution in [0.2, 0.25) is 0 Å². The van der Waals surface area contributed by atoms with Gasteiger partial charge in [0.25, 0.3) is 11.6 Å². The summed E-state index contributed by atoms with van der Waals surface area (Å²) in [5, 5.41) is 41.0. The molecule has 10 nitrogen and oxygen atoms in total. The molecule has 0 saturated carbocycles. The minimum atomic E-state index is -0.637. The van der Waals surface area contributed by atoms with Crippen LogP contribution in [0, 0.1) is 51.0 Å². The van der Waals surface area contributed by atoms with E-state index in [0.29, 0.717) is 26.3 Å². The quantitative estimate of drug-likeness (QED) is 0.478. The van der Waals surface area contributed by atoms with Crippen molar-refractivity contribution in [1.29, 1.82) is 15.8 Å². The number of nitro benzene ring substituents is 1. The first-order valence-corrected chi connectivity index (χ1v) is 7.80. The van der Waals surface area contributed by atoms with Crippen LogP contribution < -0.4 is 5.32 Å². The zero-order valence-corrected chi connectivity index (χ0v) is 14.4. The lowest BCUT2D eigenvalue weighted by molar-refractivity contribution is -0.385. The summed E-state index contributed by atoms with van der Waals surface area (Å²) in [6, 6.07) is 7.38. The highest BCUT2D eigenvalue weighted by atomic mass is 16.6. The smallest absolute Gasteiger partial charge is 0.275 e. The lowest BCUT2D eigenvalue weighted by Gasteiger charge is -2.27. The minimum Gasteiger partial charge on any atom is -0.378 e. The second-order valence-electron chi connectivity index (χ2n) is 5.54. The summed E-state index contributed by atoms with van der Waals surface area (Å²) in [5.74, 6) is -0.410. The van der Waals surface area contributed by atoms with E-state index in [1.807, 2.05) is 0 Å². The molecule has 1 aromatic rings. The first-order valence-electron chi connectivity index (χ1n) is 7.80. The molecule has 0 radical (unpaired) electrons. The number of anilines is 1. The Hall–Kier alpha value is -3.94. The summed E-state index contributed by atoms with van der Waals surface area (Å²) >= 11 is 0. The number of nitriles is 3. The SMILES string of the molecule is Cc1c(NC(C#N)=C(C#N)C#N)cc(C(=O)N2CCOCC2)cc1[N+](=O)[O-]. The van der Waals surface area contributed by atoms with Crippen LogP contribution in [0.5, 0.6) is 0 Å². The number of ether oxygens (including phenoxy) is 1. The molecular formula is C17H14N6O4. The monoisotopic (exact) mass is 366 g/mol. The van der Waals surface area contributed by atoms with E-state index in [1.165, 1.54) is 24.0 Å². The molecule has 1 amide bonds. The number of rotatable bonds is 4. The molecule has 2 rings (SSSR count). The highest BCUT2D eigenvalue weighted by molar-refractivity contribution is 5.96. The standard InChI is InChI=1S/C17H14N6O4/c1-11-14(21-15(10-20)13(8-18)9-19)6-12(7-16(11)23(25)26)17(24)22-2-4-27-5-3-22/h6-7,21H,2-5H2,1H3. The Balaban J connectivity index is 2.53. The second kappa shape index (κ2) is 8.43. The number of nitrogens with one attached hydrogen (secondary N) is 1. The number of amides is 1. The number of nitrogens with zero attached hydrogens (tertiary/aromatic N) is 5. The Morgan fingerprint density at radius 2 is 1.85 bits per heavy atom. The molecule has 136 valence electrons. The third-order valence-corrected chi connectivity index (χ3v) is 3.97. The number of hydrogen-bond donors (Lipinski definition) is 1. The van der Waals surface area contributed by atoms with Gasteiger partial charge in [0.05, 0.1) is 23.7 Å². The summed E-state index contributed by atoms with van der Waals surface area (Å²) in [7, 11) is 0. The van der Waals surface area contributed by atoms with Crippen LogP contribution >= 0.6 is 0 Å². The Kier molecular flexibility index (Phi) is 6.06. The van der Waals surface area contributed by atoms with Crippen molar-refractivity contribution in [1.82, 2.24) is 4.90 Å². The van der Waals surface area contributed by atoms with Crippen molar-refractivity contribution in [2.24, 2.45) is 0 Å². The molecule has 1 N–H and O–H groups in total. The number of benzene rings is 1. The van der Waals surface area contributed by atoms with E-state index in [0.717, 1.165) is 0 Å². The maximum absolute atomic E-state index is 12.7. The maximum Gasteiger partial charge on any atom is 0.275 e. The fourth-order valence-electron chi connectivity index (χ4n) is 2.51. The van der Waals surface area contributed by atoms with Crippen molar-refractivity contribution in [3.05, 3.63) is 44.6 Å². The number of hydrogen-bond acceptors (Lipinski definition) is 8. The second-order valence-corrected chi connectivity index (χ2v) is 5.54. The predicted octanol–water partition coefficient (Wildman–Crippen LogP) is 1.61. The molecule has 0 bridgehead atoms. The molecule has 0 atom stereocenters. The fraction of sp³-hybridized carbons (Fsp3) is 0.294. The zero-order valence-electron chi connectivity index (χ0n) is 14.4. The van der Waals surface area contributed by atoms with Crippen molar-refractivity contribution >= 4 is 17.3 Å². The molecule has 1 aliphatic heterocycles. The summed E-state index contributed by atoms with van der Waals surface area (Å²) in [6.45, 7) is 2.91. The molecule has 1 aromatic carbocycles. The van der Waals surface area contributed by atoms with E-state index >= 15 is 0 Å². The summed E-state index contributed by atoms with van der Waals surface area (Å²) < 4.78 is 5.19. The van der Waals surface area contributed by atoms with Crippen molar-refractivity contribution in [3.63, 3.8) is 0 Å². The summed E-state index contributed by atoms with van der Waals surface area (Å²) in [6.07, 6.45) is 0. The molecule has 1 heterocycles. The highest BCUT2D eigenvalue weighted by Crippen LogP contribution is 2.30. The van der Waals surface area contributed by atoms with Gasteiger partial charge in [0, 0.05) is 30.4 Å². The number of carbonyl (C=O) groups excluding carboxylic acids is 1. The Labute approximate surface area is 154 Å². The van der Waals surface area contributed by atoms with Crippen molar-refractivity contribution in [3.8, 4) is 18.2 Å². The van der Waals surface area contributed by atoms with Gasteiger partial charge < -0.3 is 15.0 Å². The molecule has 10 heteroatoms. The number of carbonyl (C=O) groups is 1. The van der Waals surface area contributed by atoms with E-state index in [9.17, 15) is 20.2 Å². The number of morpholine rings is 1. The predicted molar refractivity (Wildman–Crippen MR) is 92.0 cm³/mol. The highest BCUT2D eigenvalue weighted by Gasteiger charge is 2.24. The van der Waals surface area contributed by atoms with Gasteiger partial charge >= 0.3 is 0 Å². The molecular weight excluding hydrogens is 352 g/mol. The van der Waals surface area contributed by atoms with Crippen LogP contribution in [0.4, 0.5) is 11.4 Å². The zero-order chi connectivity index (χ0) is 20.0. The minimum absolute atomic E-state index is 0.0597. The van der Waals surface area contributed by atoms with E-state index in [1.54, 1.807) is 18.2 Å². The maximum atomic E-state index is 12.7. The van der Waals surface area contributed by atoms with Gasteiger partial charge in [-0.1, -0.05) is 0 Å². The average Bonchev–Trinajstić information content (AvgIpc) is 2.69. The fourth-order valence-corrected chi connectivity index (χ4v) is 2.51. The van der Waals surface area contributed by atoms with Crippen molar-refractivity contribution in [2.45, 2.75) is 6.92 Å². The van der Waals surface area contributed by atoms with Gasteiger partial charge in [-0.05, 0) is 13.0 Å². The largest absolute Gasteiger partial charge is 0.378 e. The van der Waals surface area contributed by atoms with Crippen LogP contribution in [0.1, 0.15) is 15.9 Å². The van der Waals surface area contributed by atoms with Gasteiger partial charge in [-0.3, -0.25) is 14.9 Å². The van der Waals surface area contributed by atoms with Crippen LogP contribution in [-0.2, 0) is 4.74 Å². The lowest BCUT2D eigenvalue weighted by Crippen LogP contribution is -2.40. The molecule has 1 saturated heterocycles. The van der Waals surface area contributed by atoms with E-state index < -0.39 is 16.4 Å². The Bertz CT molecular complexity index is 926. The van der Waals surface area contributed by atoms with Crippen molar-refractivity contribution < 1.29 is 14.5 Å². The third-order valence-electron chi connectivity index (χ3n) is 3.97. The molecule has 0 unspecified atom stereocenters. The molecule has 0 aliphatic carbocycles. The average molecular weight is 366 g/mol. The lowest BCUT2D eigenvalue weighted by atomic mass is 10.1. The topological polar surface area (TPSA) is 156 Å².